The van der Waals surface area contributed by atoms with Crippen molar-refractivity contribution in [3.63, 3.8) is 0 Å². The molecule has 2 unspecified atom stereocenters. The monoisotopic (exact) mass is 540 g/mol. The maximum Gasteiger partial charge on any atom is 0.355 e. The summed E-state index contributed by atoms with van der Waals surface area (Å²) in [4.78, 5) is 51.6. The fourth-order valence-electron chi connectivity index (χ4n) is 3.63. The maximum atomic E-state index is 13.0. The molecular weight excluding hydrogens is 520 g/mol. The number of hydrogen-bond acceptors (Lipinski definition) is 8. The molecule has 180 valence electrons. The van der Waals surface area contributed by atoms with Crippen LogP contribution in [0.5, 0.6) is 0 Å². The zero-order valence-electron chi connectivity index (χ0n) is 18.0. The number of β-lactam (4-membered cyclic amide) rings is 1. The van der Waals surface area contributed by atoms with Crippen molar-refractivity contribution >= 4 is 70.6 Å². The second-order valence-electron chi connectivity index (χ2n) is 7.67. The van der Waals surface area contributed by atoms with Crippen LogP contribution >= 0.6 is 46.9 Å². The molecule has 0 radical (unpaired) electrons. The lowest BCUT2D eigenvalue weighted by Gasteiger charge is -2.49. The predicted octanol–water partition coefficient (Wildman–Crippen LogP) is 2.71. The van der Waals surface area contributed by atoms with Crippen LogP contribution in [0.25, 0.3) is 0 Å². The Morgan fingerprint density at radius 3 is 2.50 bits per heavy atom. The fourth-order valence-corrected chi connectivity index (χ4v) is 7.49. The van der Waals surface area contributed by atoms with Crippen LogP contribution in [0.1, 0.15) is 11.1 Å². The molecule has 8 nitrogen and oxygen atoms in total. The highest BCUT2D eigenvalue weighted by Gasteiger charge is 2.54. The minimum Gasteiger partial charge on any atom is -0.477 e. The Balaban J connectivity index is 1.47. The van der Waals surface area contributed by atoms with Gasteiger partial charge in [0.15, 0.2) is 0 Å². The number of rotatable bonds is 7. The Labute approximate surface area is 213 Å². The highest BCUT2D eigenvalue weighted by atomic mass is 35.5. The first kappa shape index (κ1) is 25.0. The van der Waals surface area contributed by atoms with Crippen molar-refractivity contribution in [1.82, 2.24) is 10.2 Å². The average Bonchev–Trinajstić information content (AvgIpc) is 2.85. The number of halogens is 1. The van der Waals surface area contributed by atoms with Crippen LogP contribution in [-0.4, -0.2) is 68.3 Å². The van der Waals surface area contributed by atoms with E-state index in [1.807, 2.05) is 31.2 Å². The van der Waals surface area contributed by atoms with Crippen molar-refractivity contribution in [1.29, 1.82) is 0 Å². The SMILES string of the molecule is Cc1ccc(COC(=O)C2=C(CCl)CSC3C(NC(=O)C4=C(C(=O)O)SCCS4)C(=O)N23)cc1. The van der Waals surface area contributed by atoms with Gasteiger partial charge in [-0.2, -0.15) is 0 Å². The molecule has 2 N–H and O–H groups in total. The van der Waals surface area contributed by atoms with Gasteiger partial charge in [-0.15, -0.1) is 46.9 Å². The van der Waals surface area contributed by atoms with Gasteiger partial charge in [0.1, 0.15) is 28.6 Å². The van der Waals surface area contributed by atoms with Crippen LogP contribution in [0.2, 0.25) is 0 Å². The summed E-state index contributed by atoms with van der Waals surface area (Å²) in [5.74, 6) is -1.18. The van der Waals surface area contributed by atoms with Gasteiger partial charge in [0.25, 0.3) is 11.8 Å². The second kappa shape index (κ2) is 10.7. The van der Waals surface area contributed by atoms with E-state index in [0.29, 0.717) is 22.8 Å². The number of carbonyl (C=O) groups excluding carboxylic acids is 3. The standard InChI is InChI=1S/C22H21ClN2O6S3/c1-11-2-4-12(5-3-11)9-31-22(30)15-13(8-23)10-34-20-14(19(27)25(15)20)24-18(26)16-17(21(28)29)33-7-6-32-16/h2-5,14,20H,6-10H2,1H3,(H,24,26)(H,28,29). The third kappa shape index (κ3) is 4.98. The number of benzene rings is 1. The van der Waals surface area contributed by atoms with Crippen molar-refractivity contribution in [3.05, 3.63) is 56.5 Å². The van der Waals surface area contributed by atoms with Crippen molar-refractivity contribution < 1.29 is 29.0 Å². The number of nitrogens with zero attached hydrogens (tertiary/aromatic N) is 1. The molecule has 0 aliphatic carbocycles. The Hall–Kier alpha value is -2.08. The summed E-state index contributed by atoms with van der Waals surface area (Å²) < 4.78 is 5.47. The first-order valence-electron chi connectivity index (χ1n) is 10.3. The number of hydrogen-bond donors (Lipinski definition) is 2. The molecule has 1 aromatic carbocycles. The maximum absolute atomic E-state index is 13.0. The molecule has 4 rings (SSSR count). The topological polar surface area (TPSA) is 113 Å². The van der Waals surface area contributed by atoms with Crippen molar-refractivity contribution in [2.24, 2.45) is 0 Å². The Morgan fingerprint density at radius 2 is 1.85 bits per heavy atom. The highest BCUT2D eigenvalue weighted by molar-refractivity contribution is 8.11. The number of fused-ring (bicyclic) bond motifs is 1. The lowest BCUT2D eigenvalue weighted by atomic mass is 10.0. The van der Waals surface area contributed by atoms with Crippen LogP contribution in [0.15, 0.2) is 45.3 Å². The van der Waals surface area contributed by atoms with E-state index < -0.39 is 35.2 Å². The molecule has 0 saturated carbocycles. The number of nitrogens with one attached hydrogen (secondary N) is 1. The van der Waals surface area contributed by atoms with Gasteiger partial charge in [0, 0.05) is 23.1 Å². The number of aliphatic carboxylic acids is 1. The molecule has 1 aromatic rings. The van der Waals surface area contributed by atoms with E-state index in [-0.39, 0.29) is 28.0 Å². The van der Waals surface area contributed by atoms with E-state index in [1.165, 1.54) is 16.7 Å². The van der Waals surface area contributed by atoms with E-state index >= 15 is 0 Å². The number of ether oxygens (including phenoxy) is 1. The molecule has 3 aliphatic heterocycles. The van der Waals surface area contributed by atoms with Gasteiger partial charge >= 0.3 is 11.9 Å². The normalized spacial score (nSPS) is 22.2. The third-order valence-corrected chi connectivity index (χ3v) is 9.57. The molecule has 0 bridgehead atoms. The van der Waals surface area contributed by atoms with Gasteiger partial charge in [0.2, 0.25) is 0 Å². The molecular formula is C22H21ClN2O6S3. The number of aryl methyl sites for hydroxylation is 1. The number of amides is 2. The molecule has 12 heteroatoms. The smallest absolute Gasteiger partial charge is 0.355 e. The van der Waals surface area contributed by atoms with Gasteiger partial charge in [-0.3, -0.25) is 14.5 Å². The number of esters is 1. The first-order valence-corrected chi connectivity index (χ1v) is 13.9. The number of alkyl halides is 1. The van der Waals surface area contributed by atoms with Crippen LogP contribution < -0.4 is 5.32 Å². The number of carbonyl (C=O) groups is 4. The Morgan fingerprint density at radius 1 is 1.18 bits per heavy atom. The van der Waals surface area contributed by atoms with Crippen LogP contribution in [0, 0.1) is 6.92 Å². The summed E-state index contributed by atoms with van der Waals surface area (Å²) in [5.41, 5.74) is 2.61. The molecule has 3 heterocycles. The quantitative estimate of drug-likeness (QED) is 0.306. The van der Waals surface area contributed by atoms with Gasteiger partial charge in [0.05, 0.1) is 4.91 Å². The Kier molecular flexibility index (Phi) is 7.86. The summed E-state index contributed by atoms with van der Waals surface area (Å²) in [6.07, 6.45) is 0. The minimum atomic E-state index is -1.16. The second-order valence-corrected chi connectivity index (χ2v) is 11.3. The minimum absolute atomic E-state index is 0.0154. The lowest BCUT2D eigenvalue weighted by molar-refractivity contribution is -0.153. The lowest BCUT2D eigenvalue weighted by Crippen LogP contribution is -2.70. The largest absolute Gasteiger partial charge is 0.477 e. The number of thioether (sulfide) groups is 3. The van der Waals surface area contributed by atoms with Crippen molar-refractivity contribution in [2.45, 2.75) is 24.9 Å². The van der Waals surface area contributed by atoms with Crippen LogP contribution in [0.3, 0.4) is 0 Å². The third-order valence-electron chi connectivity index (χ3n) is 5.36. The first-order chi connectivity index (χ1) is 16.3. The number of carboxylic acid groups (broad SMARTS) is 1. The van der Waals surface area contributed by atoms with E-state index in [0.717, 1.165) is 34.7 Å². The van der Waals surface area contributed by atoms with E-state index in [2.05, 4.69) is 5.32 Å². The molecule has 2 atom stereocenters. The average molecular weight is 541 g/mol. The van der Waals surface area contributed by atoms with Crippen molar-refractivity contribution in [3.8, 4) is 0 Å². The molecule has 34 heavy (non-hydrogen) atoms. The molecule has 1 saturated heterocycles. The zero-order valence-corrected chi connectivity index (χ0v) is 21.2. The van der Waals surface area contributed by atoms with Gasteiger partial charge < -0.3 is 15.2 Å². The molecule has 2 amide bonds. The van der Waals surface area contributed by atoms with E-state index in [1.54, 1.807) is 0 Å². The molecule has 3 aliphatic rings. The summed E-state index contributed by atoms with van der Waals surface area (Å²) >= 11 is 9.71. The molecule has 0 aromatic heterocycles. The van der Waals surface area contributed by atoms with Crippen LogP contribution in [0.4, 0.5) is 0 Å². The van der Waals surface area contributed by atoms with Gasteiger partial charge in [-0.05, 0) is 18.1 Å². The van der Waals surface area contributed by atoms with Gasteiger partial charge in [-0.1, -0.05) is 29.8 Å². The molecule has 1 fully saturated rings. The summed E-state index contributed by atoms with van der Waals surface area (Å²) in [7, 11) is 0. The van der Waals surface area contributed by atoms with E-state index in [4.69, 9.17) is 16.3 Å². The van der Waals surface area contributed by atoms with Crippen LogP contribution in [-0.2, 0) is 30.5 Å². The zero-order chi connectivity index (χ0) is 24.4. The van der Waals surface area contributed by atoms with E-state index in [9.17, 15) is 24.3 Å². The fraction of sp³-hybridized carbons (Fsp3) is 0.364. The summed E-state index contributed by atoms with van der Waals surface area (Å²) in [6.45, 7) is 2.02. The summed E-state index contributed by atoms with van der Waals surface area (Å²) in [5, 5.41) is 11.5. The predicted molar refractivity (Wildman–Crippen MR) is 133 cm³/mol. The van der Waals surface area contributed by atoms with Crippen molar-refractivity contribution in [2.75, 3.05) is 23.1 Å². The summed E-state index contributed by atoms with van der Waals surface area (Å²) in [6, 6.07) is 6.69. The van der Waals surface area contributed by atoms with Gasteiger partial charge in [-0.25, -0.2) is 9.59 Å². The highest BCUT2D eigenvalue weighted by Crippen LogP contribution is 2.42. The number of carboxylic acids is 1. The molecule has 0 spiro atoms. The Bertz CT molecular complexity index is 1100.